The van der Waals surface area contributed by atoms with E-state index in [-0.39, 0.29) is 22.3 Å². The van der Waals surface area contributed by atoms with Gasteiger partial charge in [0.2, 0.25) is 10.0 Å². The van der Waals surface area contributed by atoms with Crippen molar-refractivity contribution in [3.05, 3.63) is 23.8 Å². The van der Waals surface area contributed by atoms with Crippen LogP contribution in [0.25, 0.3) is 0 Å². The quantitative estimate of drug-likeness (QED) is 0.717. The molecule has 1 amide bonds. The number of esters is 1. The number of sulfonamides is 1. The lowest BCUT2D eigenvalue weighted by Gasteiger charge is -2.17. The number of benzene rings is 1. The summed E-state index contributed by atoms with van der Waals surface area (Å²) in [6, 6.07) is 3.82. The molecule has 0 unspecified atom stereocenters. The van der Waals surface area contributed by atoms with Gasteiger partial charge in [0.1, 0.15) is 10.6 Å². The molecule has 0 aliphatic heterocycles. The van der Waals surface area contributed by atoms with Gasteiger partial charge >= 0.3 is 5.97 Å². The van der Waals surface area contributed by atoms with Crippen molar-refractivity contribution in [2.45, 2.75) is 37.8 Å². The molecule has 8 nitrogen and oxygen atoms in total. The lowest BCUT2D eigenvalue weighted by molar-refractivity contribution is -0.129. The monoisotopic (exact) mass is 372 g/mol. The third-order valence-corrected chi connectivity index (χ3v) is 5.08. The largest absolute Gasteiger partial charge is 0.495 e. The van der Waals surface area contributed by atoms with Gasteiger partial charge in [0, 0.05) is 20.1 Å². The third-order valence-electron chi connectivity index (χ3n) is 3.24. The molecular formula is C16H24N2O6S. The lowest BCUT2D eigenvalue weighted by atomic mass is 10.2. The Morgan fingerprint density at radius 3 is 2.24 bits per heavy atom. The van der Waals surface area contributed by atoms with Crippen LogP contribution in [0.15, 0.2) is 23.1 Å². The molecule has 1 aromatic rings. The molecule has 0 radical (unpaired) electrons. The lowest BCUT2D eigenvalue weighted by Crippen LogP contribution is -2.39. The number of carbonyl (C=O) groups is 2. The van der Waals surface area contributed by atoms with E-state index in [1.165, 1.54) is 46.3 Å². The Balaban J connectivity index is 3.11. The minimum Gasteiger partial charge on any atom is -0.495 e. The second-order valence-corrected chi connectivity index (χ2v) is 7.98. The van der Waals surface area contributed by atoms with Crippen LogP contribution in [0, 0.1) is 0 Å². The fourth-order valence-corrected chi connectivity index (χ4v) is 2.96. The first-order valence-corrected chi connectivity index (χ1v) is 9.06. The van der Waals surface area contributed by atoms with E-state index in [0.717, 1.165) is 4.31 Å². The molecule has 9 heteroatoms. The summed E-state index contributed by atoms with van der Waals surface area (Å²) in [7, 11) is 0.265. The van der Waals surface area contributed by atoms with Gasteiger partial charge in [-0.15, -0.1) is 0 Å². The minimum absolute atomic E-state index is 0.00502. The van der Waals surface area contributed by atoms with Crippen molar-refractivity contribution in [2.75, 3.05) is 21.2 Å². The summed E-state index contributed by atoms with van der Waals surface area (Å²) in [6.07, 6.45) is -1.01. The summed E-state index contributed by atoms with van der Waals surface area (Å²) in [5, 5.41) is 2.63. The number of nitrogens with zero attached hydrogens (tertiary/aromatic N) is 1. The number of hydrogen-bond acceptors (Lipinski definition) is 6. The maximum atomic E-state index is 12.4. The molecule has 1 atom stereocenters. The molecule has 0 aliphatic carbocycles. The Hall–Kier alpha value is -2.13. The molecule has 0 aromatic heterocycles. The molecule has 1 aromatic carbocycles. The van der Waals surface area contributed by atoms with E-state index in [2.05, 4.69) is 5.32 Å². The van der Waals surface area contributed by atoms with Crippen molar-refractivity contribution in [1.82, 2.24) is 9.62 Å². The topological polar surface area (TPSA) is 102 Å². The van der Waals surface area contributed by atoms with Crippen molar-refractivity contribution < 1.29 is 27.5 Å². The smallest absolute Gasteiger partial charge is 0.338 e. The van der Waals surface area contributed by atoms with E-state index >= 15 is 0 Å². The molecule has 0 bridgehead atoms. The number of rotatable bonds is 7. The Morgan fingerprint density at radius 1 is 1.16 bits per heavy atom. The van der Waals surface area contributed by atoms with Gasteiger partial charge in [0.25, 0.3) is 5.91 Å². The van der Waals surface area contributed by atoms with Gasteiger partial charge in [-0.05, 0) is 39.0 Å². The summed E-state index contributed by atoms with van der Waals surface area (Å²) in [5.74, 6) is -1.13. The highest BCUT2D eigenvalue weighted by atomic mass is 32.2. The van der Waals surface area contributed by atoms with Crippen molar-refractivity contribution in [3.63, 3.8) is 0 Å². The average molecular weight is 372 g/mol. The second kappa shape index (κ2) is 8.30. The van der Waals surface area contributed by atoms with Crippen molar-refractivity contribution in [3.8, 4) is 5.75 Å². The van der Waals surface area contributed by atoms with E-state index in [0.29, 0.717) is 0 Å². The summed E-state index contributed by atoms with van der Waals surface area (Å²) < 4.78 is 35.9. The fourth-order valence-electron chi connectivity index (χ4n) is 1.89. The summed E-state index contributed by atoms with van der Waals surface area (Å²) in [4.78, 5) is 23.9. The molecule has 0 saturated heterocycles. The second-order valence-electron chi connectivity index (χ2n) is 5.86. The number of hydrogen-bond donors (Lipinski definition) is 1. The normalized spacial score (nSPS) is 12.8. The van der Waals surface area contributed by atoms with Gasteiger partial charge in [-0.25, -0.2) is 17.5 Å². The van der Waals surface area contributed by atoms with Crippen LogP contribution in [-0.4, -0.2) is 58.0 Å². The highest BCUT2D eigenvalue weighted by Gasteiger charge is 2.25. The van der Waals surface area contributed by atoms with E-state index in [1.54, 1.807) is 13.8 Å². The molecule has 25 heavy (non-hydrogen) atoms. The maximum Gasteiger partial charge on any atom is 0.338 e. The zero-order valence-corrected chi connectivity index (χ0v) is 16.0. The number of carbonyl (C=O) groups excluding carboxylic acids is 2. The zero-order valence-electron chi connectivity index (χ0n) is 15.2. The summed E-state index contributed by atoms with van der Waals surface area (Å²) in [6.45, 7) is 5.01. The standard InChI is InChI=1S/C16H24N2O6S/c1-10(2)17-15(19)11(3)24-16(20)12-7-8-13(23-6)14(9-12)25(21,22)18(4)5/h7-11H,1-6H3,(H,17,19)/t11-/m0/s1. The number of amides is 1. The van der Waals surface area contributed by atoms with Gasteiger partial charge in [0.15, 0.2) is 6.10 Å². The summed E-state index contributed by atoms with van der Waals surface area (Å²) >= 11 is 0. The average Bonchev–Trinajstić information content (AvgIpc) is 2.53. The van der Waals surface area contributed by atoms with E-state index in [9.17, 15) is 18.0 Å². The highest BCUT2D eigenvalue weighted by molar-refractivity contribution is 7.89. The molecule has 1 rings (SSSR count). The molecule has 0 heterocycles. The third kappa shape index (κ3) is 5.17. The molecule has 0 saturated carbocycles. The van der Waals surface area contributed by atoms with Crippen LogP contribution >= 0.6 is 0 Å². The predicted molar refractivity (Wildman–Crippen MR) is 92.0 cm³/mol. The molecular weight excluding hydrogens is 348 g/mol. The molecule has 140 valence electrons. The first kappa shape index (κ1) is 20.9. The highest BCUT2D eigenvalue weighted by Crippen LogP contribution is 2.27. The van der Waals surface area contributed by atoms with Crippen LogP contribution in [0.1, 0.15) is 31.1 Å². The Labute approximate surface area is 148 Å². The van der Waals surface area contributed by atoms with Crippen LogP contribution in [0.4, 0.5) is 0 Å². The Bertz CT molecular complexity index is 743. The maximum absolute atomic E-state index is 12.4. The van der Waals surface area contributed by atoms with Crippen LogP contribution < -0.4 is 10.1 Å². The van der Waals surface area contributed by atoms with Crippen LogP contribution in [0.2, 0.25) is 0 Å². The zero-order chi connectivity index (χ0) is 19.4. The number of methoxy groups -OCH3 is 1. The SMILES string of the molecule is COc1ccc(C(=O)O[C@@H](C)C(=O)NC(C)C)cc1S(=O)(=O)N(C)C. The van der Waals surface area contributed by atoms with E-state index < -0.39 is 28.0 Å². The van der Waals surface area contributed by atoms with Gasteiger partial charge in [0.05, 0.1) is 12.7 Å². The van der Waals surface area contributed by atoms with Gasteiger partial charge in [-0.3, -0.25) is 4.79 Å². The van der Waals surface area contributed by atoms with Gasteiger partial charge in [-0.2, -0.15) is 0 Å². The molecule has 0 fully saturated rings. The van der Waals surface area contributed by atoms with Gasteiger partial charge < -0.3 is 14.8 Å². The van der Waals surface area contributed by atoms with E-state index in [1.807, 2.05) is 0 Å². The van der Waals surface area contributed by atoms with Crippen LogP contribution in [0.3, 0.4) is 0 Å². The van der Waals surface area contributed by atoms with Crippen LogP contribution in [-0.2, 0) is 19.6 Å². The number of nitrogens with one attached hydrogen (secondary N) is 1. The summed E-state index contributed by atoms with van der Waals surface area (Å²) in [5.41, 5.74) is 0.00502. The predicted octanol–water partition coefficient (Wildman–Crippen LogP) is 1.02. The van der Waals surface area contributed by atoms with Crippen LogP contribution in [0.5, 0.6) is 5.75 Å². The molecule has 0 aliphatic rings. The molecule has 0 spiro atoms. The fraction of sp³-hybridized carbons (Fsp3) is 0.500. The number of ether oxygens (including phenoxy) is 2. The first-order valence-electron chi connectivity index (χ1n) is 7.62. The molecule has 1 N–H and O–H groups in total. The van der Waals surface area contributed by atoms with Crippen molar-refractivity contribution in [2.24, 2.45) is 0 Å². The van der Waals surface area contributed by atoms with E-state index in [4.69, 9.17) is 9.47 Å². The van der Waals surface area contributed by atoms with Gasteiger partial charge in [-0.1, -0.05) is 0 Å². The Kier molecular flexibility index (Phi) is 6.95. The first-order chi connectivity index (χ1) is 11.5. The van der Waals surface area contributed by atoms with Crippen molar-refractivity contribution >= 4 is 21.9 Å². The minimum atomic E-state index is -3.82. The van der Waals surface area contributed by atoms with Crippen molar-refractivity contribution in [1.29, 1.82) is 0 Å². The Morgan fingerprint density at radius 2 is 1.76 bits per heavy atom.